The van der Waals surface area contributed by atoms with Crippen molar-refractivity contribution in [2.75, 3.05) is 0 Å². The van der Waals surface area contributed by atoms with E-state index in [0.29, 0.717) is 6.04 Å². The quantitative estimate of drug-likeness (QED) is 0.558. The average Bonchev–Trinajstić information content (AvgIpc) is 2.10. The molecule has 0 spiro atoms. The summed E-state index contributed by atoms with van der Waals surface area (Å²) in [6.45, 7) is 4.36. The van der Waals surface area contributed by atoms with E-state index in [0.717, 1.165) is 19.3 Å². The zero-order chi connectivity index (χ0) is 9.23. The maximum absolute atomic E-state index is 10.2. The molecule has 0 bridgehead atoms. The van der Waals surface area contributed by atoms with E-state index >= 15 is 0 Å². The second-order valence-electron chi connectivity index (χ2n) is 3.27. The van der Waals surface area contributed by atoms with E-state index in [2.05, 4.69) is 19.2 Å². The molecular weight excluding hydrogens is 150 g/mol. The van der Waals surface area contributed by atoms with E-state index in [1.165, 1.54) is 25.7 Å². The number of carbonyl (C=O) groups excluding carboxylic acids is 1. The summed E-state index contributed by atoms with van der Waals surface area (Å²) in [5.74, 6) is 0. The third kappa shape index (κ3) is 6.20. The molecule has 0 aromatic carbocycles. The van der Waals surface area contributed by atoms with E-state index in [-0.39, 0.29) is 0 Å². The van der Waals surface area contributed by atoms with Crippen LogP contribution in [0.3, 0.4) is 0 Å². The van der Waals surface area contributed by atoms with Gasteiger partial charge in [-0.2, -0.15) is 0 Å². The van der Waals surface area contributed by atoms with Crippen molar-refractivity contribution in [1.29, 1.82) is 0 Å². The fourth-order valence-corrected chi connectivity index (χ4v) is 1.31. The van der Waals surface area contributed by atoms with Crippen LogP contribution in [0, 0.1) is 0 Å². The maximum atomic E-state index is 10.2. The van der Waals surface area contributed by atoms with Gasteiger partial charge in [-0.1, -0.05) is 39.5 Å². The molecular formula is C10H21NO. The van der Waals surface area contributed by atoms with Gasteiger partial charge in [0.1, 0.15) is 0 Å². The highest BCUT2D eigenvalue weighted by atomic mass is 16.1. The fraction of sp³-hybridized carbons (Fsp3) is 0.900. The van der Waals surface area contributed by atoms with Crippen LogP contribution >= 0.6 is 0 Å². The number of carbonyl (C=O) groups is 1. The molecule has 72 valence electrons. The Balaban J connectivity index is 3.46. The third-order valence-corrected chi connectivity index (χ3v) is 2.12. The Bertz CT molecular complexity index is 96.0. The van der Waals surface area contributed by atoms with Gasteiger partial charge in [-0.3, -0.25) is 4.79 Å². The van der Waals surface area contributed by atoms with Crippen LogP contribution in [0.4, 0.5) is 0 Å². The Morgan fingerprint density at radius 3 is 2.00 bits per heavy atom. The van der Waals surface area contributed by atoms with Gasteiger partial charge in [0.25, 0.3) is 0 Å². The van der Waals surface area contributed by atoms with Gasteiger partial charge in [0.05, 0.1) is 0 Å². The van der Waals surface area contributed by atoms with Crippen LogP contribution in [-0.2, 0) is 4.79 Å². The van der Waals surface area contributed by atoms with Gasteiger partial charge in [-0.15, -0.1) is 0 Å². The lowest BCUT2D eigenvalue weighted by Crippen LogP contribution is -2.27. The summed E-state index contributed by atoms with van der Waals surface area (Å²) < 4.78 is 0. The third-order valence-electron chi connectivity index (χ3n) is 2.12. The highest BCUT2D eigenvalue weighted by molar-refractivity contribution is 5.46. The molecule has 0 aromatic heterocycles. The fourth-order valence-electron chi connectivity index (χ4n) is 1.31. The summed E-state index contributed by atoms with van der Waals surface area (Å²) in [5.41, 5.74) is 0. The van der Waals surface area contributed by atoms with Crippen molar-refractivity contribution in [3.8, 4) is 0 Å². The van der Waals surface area contributed by atoms with Gasteiger partial charge in [0.2, 0.25) is 6.41 Å². The van der Waals surface area contributed by atoms with E-state index in [4.69, 9.17) is 0 Å². The Morgan fingerprint density at radius 2 is 1.67 bits per heavy atom. The van der Waals surface area contributed by atoms with Crippen LogP contribution in [0.15, 0.2) is 0 Å². The van der Waals surface area contributed by atoms with Crippen molar-refractivity contribution in [2.45, 2.75) is 58.4 Å². The molecule has 0 atom stereocenters. The van der Waals surface area contributed by atoms with Crippen molar-refractivity contribution in [2.24, 2.45) is 0 Å². The minimum Gasteiger partial charge on any atom is -0.356 e. The molecule has 0 heterocycles. The number of hydrogen-bond acceptors (Lipinski definition) is 1. The number of amides is 1. The zero-order valence-electron chi connectivity index (χ0n) is 8.31. The van der Waals surface area contributed by atoms with Crippen LogP contribution in [-0.4, -0.2) is 12.5 Å². The SMILES string of the molecule is CCCCC(CCCC)NC=O. The maximum Gasteiger partial charge on any atom is 0.207 e. The Morgan fingerprint density at radius 1 is 1.17 bits per heavy atom. The molecule has 0 rings (SSSR count). The Hall–Kier alpha value is -0.530. The summed E-state index contributed by atoms with van der Waals surface area (Å²) in [6, 6.07) is 0.419. The van der Waals surface area contributed by atoms with Crippen molar-refractivity contribution < 1.29 is 4.79 Å². The van der Waals surface area contributed by atoms with E-state index in [1.54, 1.807) is 0 Å². The van der Waals surface area contributed by atoms with E-state index < -0.39 is 0 Å². The smallest absolute Gasteiger partial charge is 0.207 e. The molecule has 0 radical (unpaired) electrons. The highest BCUT2D eigenvalue weighted by Crippen LogP contribution is 2.07. The topological polar surface area (TPSA) is 29.1 Å². The molecule has 1 N–H and O–H groups in total. The molecule has 0 aliphatic rings. The van der Waals surface area contributed by atoms with Crippen LogP contribution in [0.5, 0.6) is 0 Å². The predicted octanol–water partition coefficient (Wildman–Crippen LogP) is 2.48. The van der Waals surface area contributed by atoms with E-state index in [1.807, 2.05) is 0 Å². The minimum absolute atomic E-state index is 0.419. The minimum atomic E-state index is 0.419. The number of hydrogen-bond donors (Lipinski definition) is 1. The molecule has 0 unspecified atom stereocenters. The van der Waals surface area contributed by atoms with Gasteiger partial charge >= 0.3 is 0 Å². The molecule has 0 fully saturated rings. The van der Waals surface area contributed by atoms with Crippen molar-refractivity contribution >= 4 is 6.41 Å². The Labute approximate surface area is 75.7 Å². The summed E-state index contributed by atoms with van der Waals surface area (Å²) in [4.78, 5) is 10.2. The molecule has 2 heteroatoms. The first-order valence-corrected chi connectivity index (χ1v) is 5.04. The largest absolute Gasteiger partial charge is 0.356 e. The standard InChI is InChI=1S/C10H21NO/c1-3-5-7-10(11-9-12)8-6-4-2/h9-10H,3-8H2,1-2H3,(H,11,12). The zero-order valence-corrected chi connectivity index (χ0v) is 8.31. The van der Waals surface area contributed by atoms with Crippen LogP contribution < -0.4 is 5.32 Å². The molecule has 12 heavy (non-hydrogen) atoms. The van der Waals surface area contributed by atoms with Crippen LogP contribution in [0.2, 0.25) is 0 Å². The highest BCUT2D eigenvalue weighted by Gasteiger charge is 2.04. The molecule has 0 saturated heterocycles. The summed E-state index contributed by atoms with van der Waals surface area (Å²) >= 11 is 0. The number of rotatable bonds is 8. The second kappa shape index (κ2) is 8.57. The van der Waals surface area contributed by atoms with Gasteiger partial charge in [-0.25, -0.2) is 0 Å². The monoisotopic (exact) mass is 171 g/mol. The van der Waals surface area contributed by atoms with Crippen LogP contribution in [0.25, 0.3) is 0 Å². The first kappa shape index (κ1) is 11.5. The number of nitrogens with one attached hydrogen (secondary N) is 1. The van der Waals surface area contributed by atoms with Gasteiger partial charge < -0.3 is 5.32 Å². The average molecular weight is 171 g/mol. The van der Waals surface area contributed by atoms with Gasteiger partial charge in [0.15, 0.2) is 0 Å². The molecule has 0 aromatic rings. The lowest BCUT2D eigenvalue weighted by Gasteiger charge is -2.14. The normalized spacial score (nSPS) is 10.2. The summed E-state index contributed by atoms with van der Waals surface area (Å²) in [5, 5.41) is 2.87. The molecule has 1 amide bonds. The predicted molar refractivity (Wildman–Crippen MR) is 52.0 cm³/mol. The van der Waals surface area contributed by atoms with Gasteiger partial charge in [-0.05, 0) is 12.8 Å². The molecule has 0 aliphatic carbocycles. The van der Waals surface area contributed by atoms with Gasteiger partial charge in [0, 0.05) is 6.04 Å². The molecule has 2 nitrogen and oxygen atoms in total. The summed E-state index contributed by atoms with van der Waals surface area (Å²) in [6.07, 6.45) is 7.96. The second-order valence-corrected chi connectivity index (χ2v) is 3.27. The van der Waals surface area contributed by atoms with Crippen LogP contribution in [0.1, 0.15) is 52.4 Å². The number of unbranched alkanes of at least 4 members (excludes halogenated alkanes) is 2. The van der Waals surface area contributed by atoms with E-state index in [9.17, 15) is 4.79 Å². The molecule has 0 saturated carbocycles. The molecule has 0 aliphatic heterocycles. The first-order chi connectivity index (χ1) is 5.85. The van der Waals surface area contributed by atoms with Crippen molar-refractivity contribution in [3.05, 3.63) is 0 Å². The lowest BCUT2D eigenvalue weighted by atomic mass is 10.0. The first-order valence-electron chi connectivity index (χ1n) is 5.04. The summed E-state index contributed by atoms with van der Waals surface area (Å²) in [7, 11) is 0. The van der Waals surface area contributed by atoms with Crippen molar-refractivity contribution in [1.82, 2.24) is 5.32 Å². The Kier molecular flexibility index (Phi) is 8.19. The van der Waals surface area contributed by atoms with Crippen molar-refractivity contribution in [3.63, 3.8) is 0 Å². The lowest BCUT2D eigenvalue weighted by molar-refractivity contribution is -0.110.